The Balaban J connectivity index is 1.82. The van der Waals surface area contributed by atoms with E-state index in [0.717, 1.165) is 31.1 Å². The van der Waals surface area contributed by atoms with E-state index >= 15 is 0 Å². The molecule has 2 unspecified atom stereocenters. The summed E-state index contributed by atoms with van der Waals surface area (Å²) in [6.45, 7) is 0. The van der Waals surface area contributed by atoms with Crippen LogP contribution in [-0.2, 0) is 11.2 Å². The quantitative estimate of drug-likeness (QED) is 0.853. The number of aliphatic carboxylic acids is 1. The third-order valence-electron chi connectivity index (χ3n) is 3.92. The molecular weight excluding hydrogens is 208 g/mol. The number of hydrogen-bond acceptors (Lipinski definition) is 2. The number of carboxylic acids is 1. The molecule has 0 aliphatic heterocycles. The summed E-state index contributed by atoms with van der Waals surface area (Å²) in [5, 5.41) is 11.4. The van der Waals surface area contributed by atoms with Gasteiger partial charge in [0, 0.05) is 4.88 Å². The van der Waals surface area contributed by atoms with Crippen molar-refractivity contribution >= 4 is 17.3 Å². The summed E-state index contributed by atoms with van der Waals surface area (Å²) in [6.07, 6.45) is 3.84. The van der Waals surface area contributed by atoms with Gasteiger partial charge in [0.25, 0.3) is 0 Å². The normalized spacial score (nSPS) is 37.6. The standard InChI is InChI=1S/C12H14O2S/c13-11(14)12(5-8-4-9(8)6-12)7-10-2-1-3-15-10/h1-3,8-9H,4-7H2,(H,13,14). The van der Waals surface area contributed by atoms with E-state index in [0.29, 0.717) is 0 Å². The molecule has 0 spiro atoms. The summed E-state index contributed by atoms with van der Waals surface area (Å²) >= 11 is 1.68. The van der Waals surface area contributed by atoms with Crippen molar-refractivity contribution in [2.75, 3.05) is 0 Å². The van der Waals surface area contributed by atoms with E-state index in [2.05, 4.69) is 6.07 Å². The SMILES string of the molecule is O=C(O)C1(Cc2cccs2)CC2CC2C1. The minimum absolute atomic E-state index is 0.432. The molecule has 3 rings (SSSR count). The number of fused-ring (bicyclic) bond motifs is 1. The molecule has 2 atom stereocenters. The fourth-order valence-corrected chi connectivity index (χ4v) is 3.89. The van der Waals surface area contributed by atoms with E-state index in [4.69, 9.17) is 0 Å². The Hall–Kier alpha value is -0.830. The average molecular weight is 222 g/mol. The van der Waals surface area contributed by atoms with Crippen LogP contribution in [0.2, 0.25) is 0 Å². The highest BCUT2D eigenvalue weighted by atomic mass is 32.1. The first kappa shape index (κ1) is 9.40. The van der Waals surface area contributed by atoms with Crippen LogP contribution >= 0.6 is 11.3 Å². The second-order valence-corrected chi connectivity index (χ2v) is 6.04. The molecule has 80 valence electrons. The van der Waals surface area contributed by atoms with E-state index in [1.54, 1.807) is 11.3 Å². The smallest absolute Gasteiger partial charge is 0.310 e. The zero-order valence-electron chi connectivity index (χ0n) is 8.48. The van der Waals surface area contributed by atoms with E-state index in [-0.39, 0.29) is 0 Å². The minimum Gasteiger partial charge on any atom is -0.481 e. The topological polar surface area (TPSA) is 37.3 Å². The lowest BCUT2D eigenvalue weighted by atomic mass is 9.79. The van der Waals surface area contributed by atoms with Crippen molar-refractivity contribution in [2.24, 2.45) is 17.3 Å². The van der Waals surface area contributed by atoms with Gasteiger partial charge in [0.2, 0.25) is 0 Å². The Bertz CT molecular complexity index is 372. The van der Waals surface area contributed by atoms with Gasteiger partial charge in [-0.25, -0.2) is 0 Å². The first-order valence-corrected chi connectivity index (χ1v) is 6.33. The number of carboxylic acid groups (broad SMARTS) is 1. The molecule has 2 fully saturated rings. The first-order valence-electron chi connectivity index (χ1n) is 5.45. The van der Waals surface area contributed by atoms with Crippen molar-refractivity contribution < 1.29 is 9.90 Å². The average Bonchev–Trinajstić information content (AvgIpc) is 2.68. The lowest BCUT2D eigenvalue weighted by Gasteiger charge is -2.25. The molecule has 2 nitrogen and oxygen atoms in total. The van der Waals surface area contributed by atoms with Gasteiger partial charge in [0.1, 0.15) is 0 Å². The summed E-state index contributed by atoms with van der Waals surface area (Å²) < 4.78 is 0. The van der Waals surface area contributed by atoms with Crippen molar-refractivity contribution in [3.63, 3.8) is 0 Å². The van der Waals surface area contributed by atoms with Crippen LogP contribution in [0.3, 0.4) is 0 Å². The number of hydrogen-bond donors (Lipinski definition) is 1. The Morgan fingerprint density at radius 2 is 2.27 bits per heavy atom. The molecule has 2 saturated carbocycles. The van der Waals surface area contributed by atoms with Gasteiger partial charge in [-0.3, -0.25) is 4.79 Å². The van der Waals surface area contributed by atoms with Crippen LogP contribution < -0.4 is 0 Å². The monoisotopic (exact) mass is 222 g/mol. The molecule has 1 aromatic heterocycles. The first-order chi connectivity index (χ1) is 7.20. The van der Waals surface area contributed by atoms with Crippen LogP contribution in [0.25, 0.3) is 0 Å². The van der Waals surface area contributed by atoms with Crippen molar-refractivity contribution in [2.45, 2.75) is 25.7 Å². The van der Waals surface area contributed by atoms with Gasteiger partial charge in [0.05, 0.1) is 5.41 Å². The van der Waals surface area contributed by atoms with Gasteiger partial charge in [-0.15, -0.1) is 11.3 Å². The molecule has 1 N–H and O–H groups in total. The van der Waals surface area contributed by atoms with Crippen molar-refractivity contribution in [3.05, 3.63) is 22.4 Å². The molecule has 0 aromatic carbocycles. The maximum atomic E-state index is 11.4. The highest BCUT2D eigenvalue weighted by Crippen LogP contribution is 2.61. The van der Waals surface area contributed by atoms with Gasteiger partial charge in [0.15, 0.2) is 0 Å². The fourth-order valence-electron chi connectivity index (χ4n) is 3.04. The zero-order valence-corrected chi connectivity index (χ0v) is 9.30. The predicted octanol–water partition coefficient (Wildman–Crippen LogP) is 2.79. The van der Waals surface area contributed by atoms with Gasteiger partial charge in [-0.2, -0.15) is 0 Å². The molecular formula is C12H14O2S. The summed E-state index contributed by atoms with van der Waals surface area (Å²) in [5.74, 6) is 0.866. The second-order valence-electron chi connectivity index (χ2n) is 5.01. The van der Waals surface area contributed by atoms with Crippen LogP contribution in [-0.4, -0.2) is 11.1 Å². The van der Waals surface area contributed by atoms with Gasteiger partial charge < -0.3 is 5.11 Å². The third kappa shape index (κ3) is 1.49. The van der Waals surface area contributed by atoms with E-state index < -0.39 is 11.4 Å². The van der Waals surface area contributed by atoms with Crippen LogP contribution in [0.5, 0.6) is 0 Å². The molecule has 2 aliphatic carbocycles. The van der Waals surface area contributed by atoms with Gasteiger partial charge in [-0.1, -0.05) is 6.07 Å². The zero-order chi connectivity index (χ0) is 10.5. The molecule has 0 radical (unpaired) electrons. The summed E-state index contributed by atoms with van der Waals surface area (Å²) in [4.78, 5) is 12.6. The molecule has 0 saturated heterocycles. The fraction of sp³-hybridized carbons (Fsp3) is 0.583. The molecule has 1 heterocycles. The number of carbonyl (C=O) groups is 1. The largest absolute Gasteiger partial charge is 0.481 e. The Morgan fingerprint density at radius 1 is 1.53 bits per heavy atom. The van der Waals surface area contributed by atoms with Gasteiger partial charge in [-0.05, 0) is 49.0 Å². The third-order valence-corrected chi connectivity index (χ3v) is 4.80. The minimum atomic E-state index is -0.580. The summed E-state index contributed by atoms with van der Waals surface area (Å²) in [7, 11) is 0. The molecule has 0 bridgehead atoms. The number of thiophene rings is 1. The predicted molar refractivity (Wildman–Crippen MR) is 58.9 cm³/mol. The van der Waals surface area contributed by atoms with Crippen LogP contribution in [0, 0.1) is 17.3 Å². The lowest BCUT2D eigenvalue weighted by molar-refractivity contribution is -0.149. The molecule has 2 aliphatic rings. The highest BCUT2D eigenvalue weighted by Gasteiger charge is 2.57. The number of rotatable bonds is 3. The molecule has 3 heteroatoms. The van der Waals surface area contributed by atoms with Crippen molar-refractivity contribution in [1.82, 2.24) is 0 Å². The van der Waals surface area contributed by atoms with Crippen LogP contribution in [0.15, 0.2) is 17.5 Å². The maximum Gasteiger partial charge on any atom is 0.310 e. The summed E-state index contributed by atoms with van der Waals surface area (Å²) in [5.41, 5.74) is -0.432. The van der Waals surface area contributed by atoms with Crippen molar-refractivity contribution in [3.8, 4) is 0 Å². The van der Waals surface area contributed by atoms with Gasteiger partial charge >= 0.3 is 5.97 Å². The summed E-state index contributed by atoms with van der Waals surface area (Å²) in [6, 6.07) is 4.06. The Kier molecular flexibility index (Phi) is 1.93. The van der Waals surface area contributed by atoms with E-state index in [9.17, 15) is 9.90 Å². The Morgan fingerprint density at radius 3 is 2.80 bits per heavy atom. The van der Waals surface area contributed by atoms with E-state index in [1.807, 2.05) is 11.4 Å². The maximum absolute atomic E-state index is 11.4. The Labute approximate surface area is 92.9 Å². The second kappa shape index (κ2) is 3.08. The van der Waals surface area contributed by atoms with Crippen LogP contribution in [0.1, 0.15) is 24.1 Å². The molecule has 1 aromatic rings. The molecule has 0 amide bonds. The van der Waals surface area contributed by atoms with Crippen LogP contribution in [0.4, 0.5) is 0 Å². The van der Waals surface area contributed by atoms with Crippen molar-refractivity contribution in [1.29, 1.82) is 0 Å². The molecule has 15 heavy (non-hydrogen) atoms. The lowest BCUT2D eigenvalue weighted by Crippen LogP contribution is -2.31. The highest BCUT2D eigenvalue weighted by molar-refractivity contribution is 7.09. The van der Waals surface area contributed by atoms with E-state index in [1.165, 1.54) is 11.3 Å².